The Kier molecular flexibility index (Phi) is 4.89. The predicted molar refractivity (Wildman–Crippen MR) is 73.5 cm³/mol. The topological polar surface area (TPSA) is 85.5 Å². The maximum atomic E-state index is 11.8. The minimum absolute atomic E-state index is 0.135. The molecule has 1 unspecified atom stereocenters. The fourth-order valence-electron chi connectivity index (χ4n) is 1.16. The third kappa shape index (κ3) is 4.15. The summed E-state index contributed by atoms with van der Waals surface area (Å²) in [4.78, 5) is 4.12. The molecular weight excluding hydrogens is 266 g/mol. The number of nitrogens with zero attached hydrogens (tertiary/aromatic N) is 2. The quantitative estimate of drug-likeness (QED) is 0.838. The lowest BCUT2D eigenvalue weighted by Crippen LogP contribution is -2.41. The van der Waals surface area contributed by atoms with Gasteiger partial charge in [-0.05, 0) is 19.4 Å². The lowest BCUT2D eigenvalue weighted by molar-refractivity contribution is 0.218. The molecule has 2 N–H and O–H groups in total. The van der Waals surface area contributed by atoms with E-state index < -0.39 is 15.6 Å². The van der Waals surface area contributed by atoms with Crippen LogP contribution in [0.15, 0.2) is 23.2 Å². The zero-order valence-electron chi connectivity index (χ0n) is 11.8. The third-order valence-electron chi connectivity index (χ3n) is 2.85. The van der Waals surface area contributed by atoms with Crippen LogP contribution in [0, 0.1) is 0 Å². The van der Waals surface area contributed by atoms with E-state index >= 15 is 0 Å². The van der Waals surface area contributed by atoms with Crippen molar-refractivity contribution in [3.63, 3.8) is 0 Å². The zero-order chi connectivity index (χ0) is 14.7. The Morgan fingerprint density at radius 3 is 2.47 bits per heavy atom. The molecule has 1 atom stereocenters. The minimum Gasteiger partial charge on any atom is -0.476 e. The molecule has 0 saturated carbocycles. The summed E-state index contributed by atoms with van der Waals surface area (Å²) >= 11 is 0. The van der Waals surface area contributed by atoms with Gasteiger partial charge >= 0.3 is 0 Å². The van der Waals surface area contributed by atoms with Gasteiger partial charge in [0, 0.05) is 25.7 Å². The molecule has 0 aliphatic rings. The third-order valence-corrected chi connectivity index (χ3v) is 4.64. The second-order valence-electron chi connectivity index (χ2n) is 4.92. The highest BCUT2D eigenvalue weighted by Crippen LogP contribution is 2.16. The van der Waals surface area contributed by atoms with Crippen molar-refractivity contribution in [2.45, 2.75) is 30.7 Å². The van der Waals surface area contributed by atoms with E-state index in [0.29, 0.717) is 12.5 Å². The normalized spacial score (nSPS) is 15.3. The maximum Gasteiger partial charge on any atom is 0.244 e. The number of hydrogen-bond acceptors (Lipinski definition) is 5. The van der Waals surface area contributed by atoms with Crippen LogP contribution in [0.25, 0.3) is 0 Å². The number of sulfonamides is 1. The molecule has 1 aromatic heterocycles. The number of aromatic nitrogens is 1. The summed E-state index contributed by atoms with van der Waals surface area (Å²) in [5.41, 5.74) is 5.53. The molecule has 1 rings (SSSR count). The molecule has 0 aliphatic carbocycles. The summed E-state index contributed by atoms with van der Waals surface area (Å²) in [5.74, 6) is 0.364. The first-order valence-electron chi connectivity index (χ1n) is 5.99. The zero-order valence-corrected chi connectivity index (χ0v) is 12.6. The van der Waals surface area contributed by atoms with Gasteiger partial charge in [-0.25, -0.2) is 17.7 Å². The van der Waals surface area contributed by atoms with Crippen LogP contribution in [0.5, 0.6) is 5.88 Å². The Hall–Kier alpha value is -1.18. The summed E-state index contributed by atoms with van der Waals surface area (Å²) in [5, 5.41) is 0. The second kappa shape index (κ2) is 5.85. The first-order valence-corrected chi connectivity index (χ1v) is 7.43. The Bertz CT molecular complexity index is 510. The highest BCUT2D eigenvalue weighted by atomic mass is 32.2. The molecule has 108 valence electrons. The Labute approximate surface area is 114 Å². The first-order chi connectivity index (χ1) is 8.69. The molecule has 0 spiro atoms. The maximum absolute atomic E-state index is 11.8. The van der Waals surface area contributed by atoms with Crippen LogP contribution in [0.1, 0.15) is 20.3 Å². The van der Waals surface area contributed by atoms with Gasteiger partial charge in [-0.1, -0.05) is 6.92 Å². The molecule has 0 bridgehead atoms. The van der Waals surface area contributed by atoms with E-state index in [2.05, 4.69) is 4.98 Å². The van der Waals surface area contributed by atoms with Crippen LogP contribution < -0.4 is 10.5 Å². The average molecular weight is 287 g/mol. The number of rotatable bonds is 6. The van der Waals surface area contributed by atoms with Crippen molar-refractivity contribution in [2.75, 3.05) is 20.7 Å². The van der Waals surface area contributed by atoms with Gasteiger partial charge in [0.25, 0.3) is 0 Å². The molecule has 19 heavy (non-hydrogen) atoms. The average Bonchev–Trinajstić information content (AvgIpc) is 2.37. The number of pyridine rings is 1. The summed E-state index contributed by atoms with van der Waals surface area (Å²) in [6.45, 7) is 4.19. The van der Waals surface area contributed by atoms with Gasteiger partial charge < -0.3 is 10.5 Å². The molecular formula is C12H21N3O3S. The van der Waals surface area contributed by atoms with Gasteiger partial charge in [0.2, 0.25) is 15.9 Å². The predicted octanol–water partition coefficient (Wildman–Crippen LogP) is 0.838. The van der Waals surface area contributed by atoms with Gasteiger partial charge in [-0.3, -0.25) is 0 Å². The lowest BCUT2D eigenvalue weighted by Gasteiger charge is -2.22. The van der Waals surface area contributed by atoms with Crippen molar-refractivity contribution in [3.8, 4) is 5.88 Å². The molecule has 1 aromatic rings. The van der Waals surface area contributed by atoms with Gasteiger partial charge in [-0.15, -0.1) is 0 Å². The number of ether oxygens (including phenoxy) is 1. The van der Waals surface area contributed by atoms with E-state index in [0.717, 1.165) is 10.7 Å². The van der Waals surface area contributed by atoms with Crippen LogP contribution in [-0.4, -0.2) is 43.9 Å². The fourth-order valence-corrected chi connectivity index (χ4v) is 2.00. The van der Waals surface area contributed by atoms with Crippen molar-refractivity contribution < 1.29 is 13.2 Å². The highest BCUT2D eigenvalue weighted by molar-refractivity contribution is 7.89. The molecule has 6 nitrogen and oxygen atoms in total. The Balaban J connectivity index is 2.78. The van der Waals surface area contributed by atoms with Crippen LogP contribution in [0.4, 0.5) is 0 Å². The number of hydrogen-bond donors (Lipinski definition) is 1. The van der Waals surface area contributed by atoms with Crippen LogP contribution >= 0.6 is 0 Å². The monoisotopic (exact) mass is 287 g/mol. The van der Waals surface area contributed by atoms with Crippen molar-refractivity contribution in [2.24, 2.45) is 5.73 Å². The molecule has 0 fully saturated rings. The van der Waals surface area contributed by atoms with Gasteiger partial charge in [0.15, 0.2) is 0 Å². The van der Waals surface area contributed by atoms with Crippen molar-refractivity contribution >= 4 is 10.0 Å². The van der Waals surface area contributed by atoms with E-state index in [1.807, 2.05) is 13.8 Å². The van der Waals surface area contributed by atoms with E-state index in [1.165, 1.54) is 32.4 Å². The Morgan fingerprint density at radius 1 is 1.42 bits per heavy atom. The largest absolute Gasteiger partial charge is 0.476 e. The second-order valence-corrected chi connectivity index (χ2v) is 7.07. The number of nitrogens with two attached hydrogens (primary N) is 1. The standard InChI is InChI=1S/C12H21N3O3S/c1-5-12(2,13)9-18-11-7-6-10(8-14-11)19(16,17)15(3)4/h6-8H,5,9,13H2,1-4H3. The van der Waals surface area contributed by atoms with Crippen LogP contribution in [0.2, 0.25) is 0 Å². The molecule has 0 amide bonds. The first kappa shape index (κ1) is 15.9. The van der Waals surface area contributed by atoms with E-state index in [1.54, 1.807) is 0 Å². The van der Waals surface area contributed by atoms with E-state index in [4.69, 9.17) is 10.5 Å². The lowest BCUT2D eigenvalue weighted by atomic mass is 10.0. The van der Waals surface area contributed by atoms with Crippen LogP contribution in [0.3, 0.4) is 0 Å². The molecule has 7 heteroatoms. The SMILES string of the molecule is CCC(C)(N)COc1ccc(S(=O)(=O)N(C)C)cn1. The fraction of sp³-hybridized carbons (Fsp3) is 0.583. The van der Waals surface area contributed by atoms with E-state index in [9.17, 15) is 8.42 Å². The summed E-state index contributed by atoms with van der Waals surface area (Å²) in [6, 6.07) is 3.00. The molecule has 0 aromatic carbocycles. The molecule has 0 radical (unpaired) electrons. The van der Waals surface area contributed by atoms with Crippen molar-refractivity contribution in [3.05, 3.63) is 18.3 Å². The van der Waals surface area contributed by atoms with Crippen molar-refractivity contribution in [1.82, 2.24) is 9.29 Å². The summed E-state index contributed by atoms with van der Waals surface area (Å²) < 4.78 is 30.2. The smallest absolute Gasteiger partial charge is 0.244 e. The molecule has 0 saturated heterocycles. The van der Waals surface area contributed by atoms with E-state index in [-0.39, 0.29) is 4.90 Å². The van der Waals surface area contributed by atoms with Gasteiger partial charge in [-0.2, -0.15) is 0 Å². The van der Waals surface area contributed by atoms with Crippen LogP contribution in [-0.2, 0) is 10.0 Å². The van der Waals surface area contributed by atoms with Crippen molar-refractivity contribution in [1.29, 1.82) is 0 Å². The minimum atomic E-state index is -3.45. The Morgan fingerprint density at radius 2 is 2.05 bits per heavy atom. The van der Waals surface area contributed by atoms with Gasteiger partial charge in [0.05, 0.1) is 6.20 Å². The molecule has 0 aliphatic heterocycles. The summed E-state index contributed by atoms with van der Waals surface area (Å²) in [6.07, 6.45) is 2.06. The van der Waals surface area contributed by atoms with Gasteiger partial charge in [0.1, 0.15) is 11.5 Å². The summed E-state index contributed by atoms with van der Waals surface area (Å²) in [7, 11) is -0.505. The molecule has 1 heterocycles. The highest BCUT2D eigenvalue weighted by Gasteiger charge is 2.19.